The van der Waals surface area contributed by atoms with E-state index < -0.39 is 6.86 Å². The number of hydrogen-bond acceptors (Lipinski definition) is 5. The van der Waals surface area contributed by atoms with Gasteiger partial charge in [0.25, 0.3) is 0 Å². The summed E-state index contributed by atoms with van der Waals surface area (Å²) in [6.07, 6.45) is 12.5. The Balaban J connectivity index is 1.37. The molecule has 6 nitrogen and oxygen atoms in total. The van der Waals surface area contributed by atoms with Crippen LogP contribution in [0.1, 0.15) is 19.3 Å². The number of carbonyl (C=O) groups is 1. The summed E-state index contributed by atoms with van der Waals surface area (Å²) in [6, 6.07) is 0.0344. The lowest BCUT2D eigenvalue weighted by atomic mass is 10.0. The first-order valence-electron chi connectivity index (χ1n) is 9.03. The lowest BCUT2D eigenvalue weighted by Crippen LogP contribution is -2.36. The molecule has 8 heteroatoms. The zero-order chi connectivity index (χ0) is 18.8. The van der Waals surface area contributed by atoms with Crippen LogP contribution in [0.4, 0.5) is 4.39 Å². The van der Waals surface area contributed by atoms with Crippen LogP contribution in [0, 0.1) is 5.92 Å². The second-order valence-electron chi connectivity index (χ2n) is 6.90. The molecule has 0 bridgehead atoms. The monoisotopic (exact) mass is 393 g/mol. The van der Waals surface area contributed by atoms with Crippen molar-refractivity contribution in [1.29, 1.82) is 0 Å². The molecule has 4 aliphatic rings. The predicted molar refractivity (Wildman–Crippen MR) is 99.4 cm³/mol. The maximum absolute atomic E-state index is 12.4. The van der Waals surface area contributed by atoms with Crippen LogP contribution in [0.5, 0.6) is 0 Å². The standard InChI is InChI=1S/C19H21ClFN3O3/c20-14-3-5-15(6-4-14)24-10-13(9-17(24)25)19-22-18(23-27-19)12-1-7-16(8-2-12)26-11-21/h1-5,7,13,15-16,18,23H,6,8-11H2. The van der Waals surface area contributed by atoms with Crippen LogP contribution in [-0.2, 0) is 14.4 Å². The highest BCUT2D eigenvalue weighted by Crippen LogP contribution is 2.29. The maximum atomic E-state index is 12.4. The molecule has 2 aliphatic carbocycles. The van der Waals surface area contributed by atoms with E-state index in [0.717, 1.165) is 12.0 Å². The van der Waals surface area contributed by atoms with Crippen molar-refractivity contribution in [3.63, 3.8) is 0 Å². The molecule has 1 N–H and O–H groups in total. The molecule has 0 aromatic rings. The van der Waals surface area contributed by atoms with E-state index in [2.05, 4.69) is 10.5 Å². The number of carbonyl (C=O) groups excluding carboxylic acids is 1. The van der Waals surface area contributed by atoms with Crippen LogP contribution in [0.25, 0.3) is 0 Å². The van der Waals surface area contributed by atoms with Crippen molar-refractivity contribution in [2.45, 2.75) is 37.6 Å². The van der Waals surface area contributed by atoms with Crippen molar-refractivity contribution in [3.05, 3.63) is 47.1 Å². The maximum Gasteiger partial charge on any atom is 0.223 e. The van der Waals surface area contributed by atoms with Crippen molar-refractivity contribution >= 4 is 23.4 Å². The van der Waals surface area contributed by atoms with Gasteiger partial charge in [0.15, 0.2) is 13.0 Å². The summed E-state index contributed by atoms with van der Waals surface area (Å²) in [7, 11) is 0. The van der Waals surface area contributed by atoms with Gasteiger partial charge < -0.3 is 14.5 Å². The van der Waals surface area contributed by atoms with E-state index >= 15 is 0 Å². The van der Waals surface area contributed by atoms with Gasteiger partial charge in [0.1, 0.15) is 0 Å². The van der Waals surface area contributed by atoms with Gasteiger partial charge in [-0.05, 0) is 24.5 Å². The van der Waals surface area contributed by atoms with E-state index in [0.29, 0.717) is 30.3 Å². The Kier molecular flexibility index (Phi) is 5.43. The second-order valence-corrected chi connectivity index (χ2v) is 7.34. The van der Waals surface area contributed by atoms with Gasteiger partial charge in [-0.25, -0.2) is 9.38 Å². The number of nitrogens with one attached hydrogen (secondary N) is 1. The van der Waals surface area contributed by atoms with Gasteiger partial charge in [0.2, 0.25) is 11.8 Å². The fraction of sp³-hybridized carbons (Fsp3) is 0.474. The summed E-state index contributed by atoms with van der Waals surface area (Å²) in [5.74, 6) is 0.583. The van der Waals surface area contributed by atoms with Crippen LogP contribution in [-0.4, -0.2) is 48.4 Å². The summed E-state index contributed by atoms with van der Waals surface area (Å²) in [5, 5.41) is 0.706. The predicted octanol–water partition coefficient (Wildman–Crippen LogP) is 2.74. The van der Waals surface area contributed by atoms with Gasteiger partial charge in [-0.2, -0.15) is 0 Å². The lowest BCUT2D eigenvalue weighted by Gasteiger charge is -2.26. The second kappa shape index (κ2) is 7.96. The molecular weight excluding hydrogens is 373 g/mol. The molecule has 4 atom stereocenters. The van der Waals surface area contributed by atoms with Crippen molar-refractivity contribution in [2.24, 2.45) is 10.9 Å². The molecule has 144 valence electrons. The SMILES string of the molecule is O=C1CC(C2=NC(C3=CCC(OCF)C=C3)NO2)CN1C1C=CC(Cl)=CC1. The van der Waals surface area contributed by atoms with Crippen LogP contribution < -0.4 is 5.48 Å². The molecule has 0 aromatic carbocycles. The van der Waals surface area contributed by atoms with Crippen LogP contribution in [0.3, 0.4) is 0 Å². The molecule has 27 heavy (non-hydrogen) atoms. The normalized spacial score (nSPS) is 33.0. The van der Waals surface area contributed by atoms with Gasteiger partial charge in [-0.3, -0.25) is 4.79 Å². The molecule has 2 aliphatic heterocycles. The number of aliphatic imine (C=N–C) groups is 1. The van der Waals surface area contributed by atoms with E-state index in [1.807, 2.05) is 41.4 Å². The molecule has 0 saturated carbocycles. The van der Waals surface area contributed by atoms with Crippen molar-refractivity contribution in [2.75, 3.05) is 13.4 Å². The quantitative estimate of drug-likeness (QED) is 0.780. The number of hydrogen-bond donors (Lipinski definition) is 1. The Morgan fingerprint density at radius 2 is 2.22 bits per heavy atom. The van der Waals surface area contributed by atoms with E-state index in [1.54, 1.807) is 0 Å². The molecular formula is C19H21ClFN3O3. The fourth-order valence-electron chi connectivity index (χ4n) is 3.68. The number of ether oxygens (including phenoxy) is 1. The first-order chi connectivity index (χ1) is 13.1. The van der Waals surface area contributed by atoms with Gasteiger partial charge >= 0.3 is 0 Å². The molecule has 0 aromatic heterocycles. The number of allylic oxidation sites excluding steroid dienone is 2. The van der Waals surface area contributed by atoms with Gasteiger partial charge in [0.05, 0.1) is 18.1 Å². The first kappa shape index (κ1) is 18.4. The number of rotatable bonds is 5. The Labute approximate surface area is 162 Å². The third-order valence-corrected chi connectivity index (χ3v) is 5.43. The number of nitrogens with zero attached hydrogens (tertiary/aromatic N) is 2. The highest BCUT2D eigenvalue weighted by atomic mass is 35.5. The van der Waals surface area contributed by atoms with E-state index in [-0.39, 0.29) is 30.1 Å². The molecule has 1 fully saturated rings. The third-order valence-electron chi connectivity index (χ3n) is 5.15. The molecule has 4 rings (SSSR count). The van der Waals surface area contributed by atoms with Crippen molar-refractivity contribution in [3.8, 4) is 0 Å². The Bertz CT molecular complexity index is 761. The molecule has 0 radical (unpaired) electrons. The van der Waals surface area contributed by atoms with E-state index in [4.69, 9.17) is 21.2 Å². The summed E-state index contributed by atoms with van der Waals surface area (Å²) < 4.78 is 17.2. The minimum absolute atomic E-state index is 0.0344. The summed E-state index contributed by atoms with van der Waals surface area (Å²) in [6.45, 7) is -0.219. The Morgan fingerprint density at radius 1 is 1.33 bits per heavy atom. The molecule has 1 amide bonds. The van der Waals surface area contributed by atoms with Crippen LogP contribution in [0.15, 0.2) is 52.1 Å². The summed E-state index contributed by atoms with van der Waals surface area (Å²) >= 11 is 5.96. The van der Waals surface area contributed by atoms with Crippen molar-refractivity contribution in [1.82, 2.24) is 10.4 Å². The smallest absolute Gasteiger partial charge is 0.223 e. The average molecular weight is 394 g/mol. The fourth-order valence-corrected chi connectivity index (χ4v) is 3.85. The average Bonchev–Trinajstić information content (AvgIpc) is 3.30. The van der Waals surface area contributed by atoms with E-state index in [1.165, 1.54) is 0 Å². The zero-order valence-electron chi connectivity index (χ0n) is 14.7. The number of amides is 1. The van der Waals surface area contributed by atoms with Gasteiger partial charge in [0, 0.05) is 18.0 Å². The minimum Gasteiger partial charge on any atom is -0.391 e. The number of likely N-dealkylation sites (tertiary alicyclic amines) is 1. The first-order valence-corrected chi connectivity index (χ1v) is 9.41. The number of halogens is 2. The molecule has 1 saturated heterocycles. The Hall–Kier alpha value is -1.96. The highest BCUT2D eigenvalue weighted by molar-refractivity contribution is 6.31. The van der Waals surface area contributed by atoms with Gasteiger partial charge in [-0.15, -0.1) is 5.48 Å². The molecule has 0 spiro atoms. The van der Waals surface area contributed by atoms with E-state index in [9.17, 15) is 9.18 Å². The lowest BCUT2D eigenvalue weighted by molar-refractivity contribution is -0.128. The third kappa shape index (κ3) is 4.00. The summed E-state index contributed by atoms with van der Waals surface area (Å²) in [5.41, 5.74) is 3.85. The highest BCUT2D eigenvalue weighted by Gasteiger charge is 2.39. The minimum atomic E-state index is -0.796. The van der Waals surface area contributed by atoms with Gasteiger partial charge in [-0.1, -0.05) is 42.0 Å². The number of hydroxylamine groups is 1. The zero-order valence-corrected chi connectivity index (χ0v) is 15.4. The van der Waals surface area contributed by atoms with Crippen LogP contribution in [0.2, 0.25) is 0 Å². The molecule has 2 heterocycles. The van der Waals surface area contributed by atoms with Crippen LogP contribution >= 0.6 is 11.6 Å². The summed E-state index contributed by atoms with van der Waals surface area (Å²) in [4.78, 5) is 24.5. The van der Waals surface area contributed by atoms with Crippen molar-refractivity contribution < 1.29 is 18.8 Å². The topological polar surface area (TPSA) is 63.2 Å². The number of alkyl halides is 1. The largest absolute Gasteiger partial charge is 0.391 e. The Morgan fingerprint density at radius 3 is 2.93 bits per heavy atom. The molecule has 4 unspecified atom stereocenters.